The second-order valence-corrected chi connectivity index (χ2v) is 5.89. The number of benzene rings is 1. The van der Waals surface area contributed by atoms with Crippen LogP contribution in [0.5, 0.6) is 0 Å². The van der Waals surface area contributed by atoms with E-state index in [1.54, 1.807) is 24.7 Å². The van der Waals surface area contributed by atoms with Crippen molar-refractivity contribution in [3.63, 3.8) is 0 Å². The lowest BCUT2D eigenvalue weighted by molar-refractivity contribution is 0.0946. The molecule has 2 N–H and O–H groups in total. The highest BCUT2D eigenvalue weighted by atomic mass is 16.1. The fraction of sp³-hybridized carbons (Fsp3) is 0.150. The Kier molecular flexibility index (Phi) is 5.04. The fourth-order valence-electron chi connectivity index (χ4n) is 2.39. The summed E-state index contributed by atoms with van der Waals surface area (Å²) in [5.41, 5.74) is 5.64. The van der Waals surface area contributed by atoms with Crippen LogP contribution in [0.2, 0.25) is 0 Å². The Morgan fingerprint density at radius 2 is 1.68 bits per heavy atom. The van der Waals surface area contributed by atoms with Crippen LogP contribution >= 0.6 is 0 Å². The molecule has 1 aromatic carbocycles. The maximum Gasteiger partial charge on any atom is 0.270 e. The monoisotopic (exact) mass is 332 g/mol. The van der Waals surface area contributed by atoms with Crippen LogP contribution in [0.25, 0.3) is 0 Å². The van der Waals surface area contributed by atoms with Crippen molar-refractivity contribution in [2.75, 3.05) is 5.32 Å². The molecule has 3 aromatic rings. The van der Waals surface area contributed by atoms with Crippen LogP contribution in [0, 0.1) is 13.8 Å². The molecule has 5 heteroatoms. The van der Waals surface area contributed by atoms with Gasteiger partial charge in [0.15, 0.2) is 0 Å². The van der Waals surface area contributed by atoms with Gasteiger partial charge in [0, 0.05) is 36.5 Å². The van der Waals surface area contributed by atoms with Crippen molar-refractivity contribution < 1.29 is 4.79 Å². The van der Waals surface area contributed by atoms with Gasteiger partial charge in [-0.3, -0.25) is 14.8 Å². The van der Waals surface area contributed by atoms with Gasteiger partial charge in [-0.05, 0) is 66.9 Å². The lowest BCUT2D eigenvalue weighted by atomic mass is 10.1. The van der Waals surface area contributed by atoms with Gasteiger partial charge < -0.3 is 10.6 Å². The van der Waals surface area contributed by atoms with Crippen LogP contribution in [-0.4, -0.2) is 15.9 Å². The van der Waals surface area contributed by atoms with Gasteiger partial charge in [-0.15, -0.1) is 0 Å². The number of nitrogens with zero attached hydrogens (tertiary/aromatic N) is 2. The smallest absolute Gasteiger partial charge is 0.270 e. The van der Waals surface area contributed by atoms with E-state index >= 15 is 0 Å². The molecule has 1 amide bonds. The molecule has 0 fully saturated rings. The number of carbonyl (C=O) groups excluding carboxylic acids is 1. The Morgan fingerprint density at radius 3 is 2.44 bits per heavy atom. The quantitative estimate of drug-likeness (QED) is 0.746. The van der Waals surface area contributed by atoms with E-state index in [2.05, 4.69) is 46.6 Å². The minimum Gasteiger partial charge on any atom is -0.355 e. The third kappa shape index (κ3) is 4.41. The first-order chi connectivity index (χ1) is 12.1. The third-order valence-electron chi connectivity index (χ3n) is 3.99. The van der Waals surface area contributed by atoms with Crippen LogP contribution in [-0.2, 0) is 6.54 Å². The first-order valence-electron chi connectivity index (χ1n) is 8.09. The van der Waals surface area contributed by atoms with E-state index in [4.69, 9.17) is 0 Å². The summed E-state index contributed by atoms with van der Waals surface area (Å²) >= 11 is 0. The highest BCUT2D eigenvalue weighted by Crippen LogP contribution is 2.19. The molecule has 0 aliphatic carbocycles. The zero-order valence-electron chi connectivity index (χ0n) is 14.3. The lowest BCUT2D eigenvalue weighted by Crippen LogP contribution is -2.23. The van der Waals surface area contributed by atoms with Crippen molar-refractivity contribution >= 4 is 17.3 Å². The Labute approximate surface area is 147 Å². The predicted octanol–water partition coefficient (Wildman–Crippen LogP) is 3.77. The van der Waals surface area contributed by atoms with Gasteiger partial charge in [0.25, 0.3) is 5.91 Å². The van der Waals surface area contributed by atoms with Gasteiger partial charge in [0.05, 0.1) is 0 Å². The first-order valence-corrected chi connectivity index (χ1v) is 8.09. The molecule has 2 heterocycles. The van der Waals surface area contributed by atoms with E-state index < -0.39 is 0 Å². The van der Waals surface area contributed by atoms with E-state index in [1.807, 2.05) is 24.3 Å². The minimum absolute atomic E-state index is 0.208. The van der Waals surface area contributed by atoms with Crippen LogP contribution in [0.4, 0.5) is 11.4 Å². The molecule has 0 aliphatic rings. The van der Waals surface area contributed by atoms with Crippen LogP contribution in [0.1, 0.15) is 27.2 Å². The summed E-state index contributed by atoms with van der Waals surface area (Å²) in [6.45, 7) is 4.60. The number of anilines is 2. The number of pyridine rings is 2. The molecular formula is C20H20N4O. The average molecular weight is 332 g/mol. The lowest BCUT2D eigenvalue weighted by Gasteiger charge is -2.10. The molecule has 0 atom stereocenters. The molecule has 5 nitrogen and oxygen atoms in total. The zero-order chi connectivity index (χ0) is 17.6. The Bertz CT molecular complexity index is 878. The van der Waals surface area contributed by atoms with Gasteiger partial charge in [-0.1, -0.05) is 6.07 Å². The molecule has 3 rings (SSSR count). The first kappa shape index (κ1) is 16.6. The molecule has 0 bridgehead atoms. The molecule has 0 saturated heterocycles. The molecule has 25 heavy (non-hydrogen) atoms. The van der Waals surface area contributed by atoms with Crippen molar-refractivity contribution in [2.24, 2.45) is 0 Å². The Morgan fingerprint density at radius 1 is 0.920 bits per heavy atom. The average Bonchev–Trinajstić information content (AvgIpc) is 2.64. The number of rotatable bonds is 5. The highest BCUT2D eigenvalue weighted by Gasteiger charge is 2.08. The van der Waals surface area contributed by atoms with E-state index in [0.29, 0.717) is 12.2 Å². The molecule has 0 radical (unpaired) electrons. The van der Waals surface area contributed by atoms with E-state index in [1.165, 1.54) is 11.1 Å². The molecule has 126 valence electrons. The number of hydrogen-bond donors (Lipinski definition) is 2. The van der Waals surface area contributed by atoms with Crippen molar-refractivity contribution in [1.29, 1.82) is 0 Å². The summed E-state index contributed by atoms with van der Waals surface area (Å²) in [6.07, 6.45) is 5.03. The normalized spacial score (nSPS) is 10.3. The second kappa shape index (κ2) is 7.57. The van der Waals surface area contributed by atoms with Crippen LogP contribution < -0.4 is 10.6 Å². The SMILES string of the molecule is Cc1ccc(Nc2ccnc(C(=O)NCc3ccncc3)c2)cc1C. The van der Waals surface area contributed by atoms with Gasteiger partial charge >= 0.3 is 0 Å². The number of nitrogens with one attached hydrogen (secondary N) is 2. The summed E-state index contributed by atoms with van der Waals surface area (Å²) in [7, 11) is 0. The minimum atomic E-state index is -0.208. The summed E-state index contributed by atoms with van der Waals surface area (Å²) < 4.78 is 0. The Balaban J connectivity index is 1.68. The molecule has 0 spiro atoms. The molecule has 2 aromatic heterocycles. The maximum atomic E-state index is 12.3. The summed E-state index contributed by atoms with van der Waals surface area (Å²) in [5.74, 6) is -0.208. The Hall–Kier alpha value is -3.21. The summed E-state index contributed by atoms with van der Waals surface area (Å²) in [6, 6.07) is 13.5. The highest BCUT2D eigenvalue weighted by molar-refractivity contribution is 5.93. The summed E-state index contributed by atoms with van der Waals surface area (Å²) in [5, 5.41) is 6.18. The van der Waals surface area contributed by atoms with Gasteiger partial charge in [-0.25, -0.2) is 0 Å². The van der Waals surface area contributed by atoms with Gasteiger partial charge in [-0.2, -0.15) is 0 Å². The second-order valence-electron chi connectivity index (χ2n) is 5.89. The van der Waals surface area contributed by atoms with Gasteiger partial charge in [0.1, 0.15) is 5.69 Å². The maximum absolute atomic E-state index is 12.3. The van der Waals surface area contributed by atoms with Crippen molar-refractivity contribution in [3.05, 3.63) is 83.4 Å². The van der Waals surface area contributed by atoms with E-state index in [-0.39, 0.29) is 5.91 Å². The van der Waals surface area contributed by atoms with Crippen LogP contribution in [0.15, 0.2) is 61.1 Å². The standard InChI is InChI=1S/C20H20N4O/c1-14-3-4-17(11-15(14)2)24-18-7-10-22-19(12-18)20(25)23-13-16-5-8-21-9-6-16/h3-12H,13H2,1-2H3,(H,22,24)(H,23,25). The van der Waals surface area contributed by atoms with Crippen molar-refractivity contribution in [1.82, 2.24) is 15.3 Å². The predicted molar refractivity (Wildman–Crippen MR) is 98.8 cm³/mol. The number of amides is 1. The molecule has 0 unspecified atom stereocenters. The van der Waals surface area contributed by atoms with E-state index in [9.17, 15) is 4.79 Å². The number of aromatic nitrogens is 2. The number of aryl methyl sites for hydroxylation is 2. The van der Waals surface area contributed by atoms with Gasteiger partial charge in [0.2, 0.25) is 0 Å². The third-order valence-corrected chi connectivity index (χ3v) is 3.99. The molecular weight excluding hydrogens is 312 g/mol. The van der Waals surface area contributed by atoms with E-state index in [0.717, 1.165) is 16.9 Å². The topological polar surface area (TPSA) is 66.9 Å². The molecule has 0 aliphatic heterocycles. The number of carbonyl (C=O) groups is 1. The van der Waals surface area contributed by atoms with Crippen molar-refractivity contribution in [3.8, 4) is 0 Å². The zero-order valence-corrected chi connectivity index (χ0v) is 14.3. The van der Waals surface area contributed by atoms with Crippen molar-refractivity contribution in [2.45, 2.75) is 20.4 Å². The number of hydrogen-bond acceptors (Lipinski definition) is 4. The largest absolute Gasteiger partial charge is 0.355 e. The summed E-state index contributed by atoms with van der Waals surface area (Å²) in [4.78, 5) is 20.4. The molecule has 0 saturated carbocycles. The fourth-order valence-corrected chi connectivity index (χ4v) is 2.39. The van der Waals surface area contributed by atoms with Crippen LogP contribution in [0.3, 0.4) is 0 Å².